The molecule has 1 unspecified atom stereocenters. The normalized spacial score (nSPS) is 16.5. The fourth-order valence-corrected chi connectivity index (χ4v) is 3.34. The molecule has 6 nitrogen and oxygen atoms in total. The summed E-state index contributed by atoms with van der Waals surface area (Å²) < 4.78 is 7.36. The van der Waals surface area contributed by atoms with Gasteiger partial charge in [-0.2, -0.15) is 0 Å². The highest BCUT2D eigenvalue weighted by Gasteiger charge is 2.18. The van der Waals surface area contributed by atoms with Gasteiger partial charge in [-0.1, -0.05) is 24.3 Å². The molecule has 0 spiro atoms. The van der Waals surface area contributed by atoms with Crippen molar-refractivity contribution in [2.45, 2.75) is 19.9 Å². The van der Waals surface area contributed by atoms with Crippen molar-refractivity contribution in [2.75, 3.05) is 26.3 Å². The molecule has 3 heterocycles. The van der Waals surface area contributed by atoms with Gasteiger partial charge >= 0.3 is 0 Å². The van der Waals surface area contributed by atoms with Crippen molar-refractivity contribution < 1.29 is 4.74 Å². The van der Waals surface area contributed by atoms with Gasteiger partial charge in [0, 0.05) is 37.1 Å². The second-order valence-corrected chi connectivity index (χ2v) is 6.57. The largest absolute Gasteiger partial charge is 0.379 e. The minimum absolute atomic E-state index is 0.394. The van der Waals surface area contributed by atoms with Crippen molar-refractivity contribution in [3.8, 4) is 17.1 Å². The van der Waals surface area contributed by atoms with Crippen LogP contribution in [-0.4, -0.2) is 51.0 Å². The smallest absolute Gasteiger partial charge is 0.160 e. The first-order valence-corrected chi connectivity index (χ1v) is 8.98. The average molecular weight is 349 g/mol. The predicted octanol–water partition coefficient (Wildman–Crippen LogP) is 3.03. The summed E-state index contributed by atoms with van der Waals surface area (Å²) >= 11 is 0. The highest BCUT2D eigenvalue weighted by atomic mass is 16.5. The highest BCUT2D eigenvalue weighted by molar-refractivity contribution is 5.59. The van der Waals surface area contributed by atoms with Gasteiger partial charge in [0.05, 0.1) is 18.9 Å². The first kappa shape index (κ1) is 16.9. The van der Waals surface area contributed by atoms with Gasteiger partial charge in [0.1, 0.15) is 5.82 Å². The van der Waals surface area contributed by atoms with Crippen molar-refractivity contribution in [2.24, 2.45) is 0 Å². The molecule has 0 bridgehead atoms. The molecule has 1 fully saturated rings. The molecule has 26 heavy (non-hydrogen) atoms. The number of nitrogens with zero attached hydrogens (tertiary/aromatic N) is 5. The Kier molecular flexibility index (Phi) is 4.77. The van der Waals surface area contributed by atoms with Crippen molar-refractivity contribution in [3.63, 3.8) is 0 Å². The topological polar surface area (TPSA) is 56.1 Å². The van der Waals surface area contributed by atoms with E-state index in [1.807, 2.05) is 29.8 Å². The summed E-state index contributed by atoms with van der Waals surface area (Å²) in [6.45, 7) is 7.82. The van der Waals surface area contributed by atoms with Crippen LogP contribution in [0.4, 0.5) is 0 Å². The summed E-state index contributed by atoms with van der Waals surface area (Å²) in [5, 5.41) is 8.73. The number of imidazole rings is 1. The number of rotatable bonds is 4. The number of hydrogen-bond donors (Lipinski definition) is 0. The number of aryl methyl sites for hydroxylation is 1. The standard InChI is InChI=1S/C20H23N5O/c1-15(24-11-13-26-14-12-24)17-3-5-18(6-4-17)19-7-8-20(23-22-19)25-10-9-21-16(25)2/h3-10,15H,11-14H2,1-2H3. The van der Waals surface area contributed by atoms with E-state index in [-0.39, 0.29) is 0 Å². The zero-order valence-corrected chi connectivity index (χ0v) is 15.2. The zero-order chi connectivity index (χ0) is 17.9. The van der Waals surface area contributed by atoms with E-state index in [4.69, 9.17) is 4.74 Å². The number of hydrogen-bond acceptors (Lipinski definition) is 5. The van der Waals surface area contributed by atoms with E-state index in [9.17, 15) is 0 Å². The lowest BCUT2D eigenvalue weighted by Crippen LogP contribution is -2.37. The van der Waals surface area contributed by atoms with Crippen LogP contribution >= 0.6 is 0 Å². The fourth-order valence-electron chi connectivity index (χ4n) is 3.34. The summed E-state index contributed by atoms with van der Waals surface area (Å²) in [6, 6.07) is 13.0. The molecule has 4 rings (SSSR count). The molecule has 1 atom stereocenters. The minimum atomic E-state index is 0.394. The fraction of sp³-hybridized carbons (Fsp3) is 0.350. The Morgan fingerprint density at radius 1 is 1.00 bits per heavy atom. The molecule has 3 aromatic rings. The maximum absolute atomic E-state index is 5.44. The van der Waals surface area contributed by atoms with Gasteiger partial charge in [-0.3, -0.25) is 9.47 Å². The van der Waals surface area contributed by atoms with Crippen LogP contribution in [0.15, 0.2) is 48.8 Å². The van der Waals surface area contributed by atoms with Gasteiger partial charge in [-0.15, -0.1) is 10.2 Å². The van der Waals surface area contributed by atoms with Crippen LogP contribution in [0.25, 0.3) is 17.1 Å². The lowest BCUT2D eigenvalue weighted by atomic mass is 10.0. The van der Waals surface area contributed by atoms with Gasteiger partial charge in [0.2, 0.25) is 0 Å². The van der Waals surface area contributed by atoms with Crippen LogP contribution in [0.3, 0.4) is 0 Å². The number of aromatic nitrogens is 4. The average Bonchev–Trinajstić information content (AvgIpc) is 3.14. The first-order valence-electron chi connectivity index (χ1n) is 8.98. The Morgan fingerprint density at radius 2 is 1.77 bits per heavy atom. The lowest BCUT2D eigenvalue weighted by Gasteiger charge is -2.32. The Morgan fingerprint density at radius 3 is 2.38 bits per heavy atom. The second-order valence-electron chi connectivity index (χ2n) is 6.57. The molecular formula is C20H23N5O. The van der Waals surface area contributed by atoms with Crippen molar-refractivity contribution in [3.05, 3.63) is 60.2 Å². The Bertz CT molecular complexity index is 851. The van der Waals surface area contributed by atoms with E-state index in [2.05, 4.69) is 51.3 Å². The summed E-state index contributed by atoms with van der Waals surface area (Å²) in [7, 11) is 0. The molecule has 0 amide bonds. The molecule has 6 heteroatoms. The van der Waals surface area contributed by atoms with E-state index in [1.165, 1.54) is 5.56 Å². The summed E-state index contributed by atoms with van der Waals surface area (Å²) in [5.74, 6) is 1.68. The van der Waals surface area contributed by atoms with Crippen LogP contribution in [0.5, 0.6) is 0 Å². The van der Waals surface area contributed by atoms with Crippen LogP contribution in [0.2, 0.25) is 0 Å². The summed E-state index contributed by atoms with van der Waals surface area (Å²) in [6.07, 6.45) is 3.65. The molecule has 0 N–H and O–H groups in total. The molecule has 134 valence electrons. The van der Waals surface area contributed by atoms with Gasteiger partial charge in [-0.05, 0) is 31.5 Å². The molecule has 1 saturated heterocycles. The van der Waals surface area contributed by atoms with Crippen LogP contribution in [-0.2, 0) is 4.74 Å². The molecule has 1 aliphatic rings. The Hall–Kier alpha value is -2.57. The van der Waals surface area contributed by atoms with Crippen molar-refractivity contribution in [1.29, 1.82) is 0 Å². The van der Waals surface area contributed by atoms with Gasteiger partial charge in [0.25, 0.3) is 0 Å². The quantitative estimate of drug-likeness (QED) is 0.725. The van der Waals surface area contributed by atoms with Gasteiger partial charge in [0.15, 0.2) is 5.82 Å². The third-order valence-corrected chi connectivity index (χ3v) is 5.01. The van der Waals surface area contributed by atoms with Crippen LogP contribution in [0, 0.1) is 6.92 Å². The van der Waals surface area contributed by atoms with Crippen LogP contribution in [0.1, 0.15) is 24.4 Å². The first-order chi connectivity index (χ1) is 12.7. The maximum atomic E-state index is 5.44. The Balaban J connectivity index is 1.50. The molecule has 0 aliphatic carbocycles. The van der Waals surface area contributed by atoms with E-state index >= 15 is 0 Å². The van der Waals surface area contributed by atoms with E-state index in [0.717, 1.165) is 49.2 Å². The molecule has 0 saturated carbocycles. The van der Waals surface area contributed by atoms with Crippen LogP contribution < -0.4 is 0 Å². The maximum Gasteiger partial charge on any atom is 0.160 e. The minimum Gasteiger partial charge on any atom is -0.379 e. The Labute approximate surface area is 153 Å². The molecule has 2 aromatic heterocycles. The molecule has 1 aliphatic heterocycles. The third kappa shape index (κ3) is 3.38. The zero-order valence-electron chi connectivity index (χ0n) is 15.2. The molecule has 1 aromatic carbocycles. The summed E-state index contributed by atoms with van der Waals surface area (Å²) in [5.41, 5.74) is 3.26. The predicted molar refractivity (Wildman–Crippen MR) is 100 cm³/mol. The summed E-state index contributed by atoms with van der Waals surface area (Å²) in [4.78, 5) is 6.68. The number of ether oxygens (including phenoxy) is 1. The molecule has 0 radical (unpaired) electrons. The monoisotopic (exact) mass is 349 g/mol. The SMILES string of the molecule is Cc1nccn1-c1ccc(-c2ccc(C(C)N3CCOCC3)cc2)nn1. The van der Waals surface area contributed by atoms with Gasteiger partial charge in [-0.25, -0.2) is 4.98 Å². The van der Waals surface area contributed by atoms with Crippen molar-refractivity contribution in [1.82, 2.24) is 24.6 Å². The number of morpholine rings is 1. The second kappa shape index (κ2) is 7.35. The van der Waals surface area contributed by atoms with Crippen molar-refractivity contribution >= 4 is 0 Å². The number of benzene rings is 1. The van der Waals surface area contributed by atoms with Gasteiger partial charge < -0.3 is 4.74 Å². The third-order valence-electron chi connectivity index (χ3n) is 5.01. The van der Waals surface area contributed by atoms with E-state index in [1.54, 1.807) is 6.20 Å². The van der Waals surface area contributed by atoms with E-state index < -0.39 is 0 Å². The van der Waals surface area contributed by atoms with E-state index in [0.29, 0.717) is 6.04 Å². The highest BCUT2D eigenvalue weighted by Crippen LogP contribution is 2.24. The lowest BCUT2D eigenvalue weighted by molar-refractivity contribution is 0.0198. The molecular weight excluding hydrogens is 326 g/mol.